The molecule has 29 heavy (non-hydrogen) atoms. The van der Waals surface area contributed by atoms with E-state index in [-0.39, 0.29) is 24.3 Å². The highest BCUT2D eigenvalue weighted by molar-refractivity contribution is 6.38. The van der Waals surface area contributed by atoms with E-state index in [1.807, 2.05) is 18.2 Å². The molecule has 0 fully saturated rings. The van der Waals surface area contributed by atoms with E-state index in [4.69, 9.17) is 9.47 Å². The minimum atomic E-state index is -0.775. The van der Waals surface area contributed by atoms with E-state index in [1.165, 1.54) is 12.1 Å². The average Bonchev–Trinajstić information content (AvgIpc) is 3.20. The van der Waals surface area contributed by atoms with Crippen molar-refractivity contribution in [3.8, 4) is 0 Å². The molecule has 0 bridgehead atoms. The zero-order valence-corrected chi connectivity index (χ0v) is 16.1. The van der Waals surface area contributed by atoms with E-state index in [2.05, 4.69) is 10.4 Å². The molecule has 1 amide bonds. The molecule has 0 radical (unpaired) electrons. The maximum absolute atomic E-state index is 13.1. The Morgan fingerprint density at radius 3 is 2.45 bits per heavy atom. The number of ether oxygens (including phenoxy) is 2. The predicted octanol–water partition coefficient (Wildman–Crippen LogP) is 2.61. The standard InChI is InChI=1S/C21H21N3O5/c1-3-29-21(27)17-13-18(24(23-17)14-9-5-4-6-10-14)19(25)22-16-12-8-7-11-15(16)20(26)28-2/h4-12,18H,3,13H2,1-2H3,(H,22,25). The van der Waals surface area contributed by atoms with Crippen molar-refractivity contribution in [2.24, 2.45) is 5.10 Å². The predicted molar refractivity (Wildman–Crippen MR) is 108 cm³/mol. The van der Waals surface area contributed by atoms with Crippen molar-refractivity contribution in [3.63, 3.8) is 0 Å². The third-order valence-corrected chi connectivity index (χ3v) is 4.34. The molecule has 1 aliphatic heterocycles. The Hall–Kier alpha value is -3.68. The van der Waals surface area contributed by atoms with Gasteiger partial charge in [0, 0.05) is 6.42 Å². The van der Waals surface area contributed by atoms with Crippen molar-refractivity contribution in [2.75, 3.05) is 24.0 Å². The molecule has 0 saturated heterocycles. The van der Waals surface area contributed by atoms with Crippen molar-refractivity contribution >= 4 is 34.9 Å². The van der Waals surface area contributed by atoms with Crippen LogP contribution in [0.1, 0.15) is 23.7 Å². The van der Waals surface area contributed by atoms with Crippen molar-refractivity contribution in [3.05, 3.63) is 60.2 Å². The lowest BCUT2D eigenvalue weighted by Gasteiger charge is -2.23. The molecule has 2 aromatic rings. The fraction of sp³-hybridized carbons (Fsp3) is 0.238. The largest absolute Gasteiger partial charge is 0.465 e. The second kappa shape index (κ2) is 9.01. The highest BCUT2D eigenvalue weighted by atomic mass is 16.5. The summed E-state index contributed by atoms with van der Waals surface area (Å²) < 4.78 is 9.80. The van der Waals surface area contributed by atoms with Crippen LogP contribution in [-0.2, 0) is 19.1 Å². The number of hydrazone groups is 1. The first-order valence-corrected chi connectivity index (χ1v) is 9.12. The Bertz CT molecular complexity index is 942. The number of nitrogens with zero attached hydrogens (tertiary/aromatic N) is 2. The summed E-state index contributed by atoms with van der Waals surface area (Å²) >= 11 is 0. The number of carbonyl (C=O) groups excluding carboxylic acids is 3. The number of rotatable bonds is 6. The molecule has 2 aromatic carbocycles. The van der Waals surface area contributed by atoms with E-state index in [1.54, 1.807) is 43.3 Å². The van der Waals surface area contributed by atoms with E-state index >= 15 is 0 Å². The highest BCUT2D eigenvalue weighted by Crippen LogP contribution is 2.26. The Morgan fingerprint density at radius 2 is 1.76 bits per heavy atom. The topological polar surface area (TPSA) is 97.3 Å². The highest BCUT2D eigenvalue weighted by Gasteiger charge is 2.37. The Kier molecular flexibility index (Phi) is 6.23. The fourth-order valence-corrected chi connectivity index (χ4v) is 2.97. The molecule has 1 heterocycles. The summed E-state index contributed by atoms with van der Waals surface area (Å²) in [5, 5.41) is 8.56. The minimum Gasteiger partial charge on any atom is -0.465 e. The second-order valence-electron chi connectivity index (χ2n) is 6.19. The van der Waals surface area contributed by atoms with Gasteiger partial charge in [-0.05, 0) is 31.2 Å². The lowest BCUT2D eigenvalue weighted by atomic mass is 10.1. The third-order valence-electron chi connectivity index (χ3n) is 4.34. The van der Waals surface area contributed by atoms with Crippen LogP contribution in [0.4, 0.5) is 11.4 Å². The minimum absolute atomic E-state index is 0.0833. The Balaban J connectivity index is 1.87. The number of carbonyl (C=O) groups is 3. The van der Waals surface area contributed by atoms with Gasteiger partial charge in [-0.3, -0.25) is 9.80 Å². The molecule has 3 rings (SSSR count). The monoisotopic (exact) mass is 395 g/mol. The first kappa shape index (κ1) is 20.1. The molecule has 1 unspecified atom stereocenters. The van der Waals surface area contributed by atoms with Gasteiger partial charge in [0.15, 0.2) is 0 Å². The lowest BCUT2D eigenvalue weighted by molar-refractivity contribution is -0.135. The van der Waals surface area contributed by atoms with E-state index in [9.17, 15) is 14.4 Å². The number of hydrogen-bond donors (Lipinski definition) is 1. The quantitative estimate of drug-likeness (QED) is 0.755. The first-order valence-electron chi connectivity index (χ1n) is 9.12. The van der Waals surface area contributed by atoms with Gasteiger partial charge in [0.2, 0.25) is 5.91 Å². The fourth-order valence-electron chi connectivity index (χ4n) is 2.97. The summed E-state index contributed by atoms with van der Waals surface area (Å²) in [7, 11) is 1.27. The van der Waals surface area contributed by atoms with Crippen molar-refractivity contribution in [1.82, 2.24) is 0 Å². The molecule has 8 nitrogen and oxygen atoms in total. The summed E-state index contributed by atoms with van der Waals surface area (Å²) in [6, 6.07) is 14.8. The molecule has 0 aromatic heterocycles. The summed E-state index contributed by atoms with van der Waals surface area (Å²) in [5.74, 6) is -1.53. The van der Waals surface area contributed by atoms with E-state index in [0.29, 0.717) is 11.4 Å². The molecular weight excluding hydrogens is 374 g/mol. The van der Waals surface area contributed by atoms with Gasteiger partial charge < -0.3 is 14.8 Å². The van der Waals surface area contributed by atoms with Crippen molar-refractivity contribution < 1.29 is 23.9 Å². The first-order chi connectivity index (χ1) is 14.0. The number of esters is 2. The van der Waals surface area contributed by atoms with E-state index in [0.717, 1.165) is 0 Å². The summed E-state index contributed by atoms with van der Waals surface area (Å²) in [6.07, 6.45) is 0.0833. The van der Waals surface area contributed by atoms with E-state index < -0.39 is 23.9 Å². The van der Waals surface area contributed by atoms with Gasteiger partial charge in [0.25, 0.3) is 0 Å². The molecule has 1 aliphatic rings. The van der Waals surface area contributed by atoms with Gasteiger partial charge in [-0.1, -0.05) is 30.3 Å². The maximum atomic E-state index is 13.1. The second-order valence-corrected chi connectivity index (χ2v) is 6.19. The van der Waals surface area contributed by atoms with Crippen LogP contribution in [0.25, 0.3) is 0 Å². The van der Waals surface area contributed by atoms with Crippen molar-refractivity contribution in [1.29, 1.82) is 0 Å². The number of anilines is 2. The number of benzene rings is 2. The van der Waals surface area contributed by atoms with Crippen LogP contribution in [0.3, 0.4) is 0 Å². The Morgan fingerprint density at radius 1 is 1.07 bits per heavy atom. The van der Waals surface area contributed by atoms with Crippen LogP contribution in [0.15, 0.2) is 59.7 Å². The average molecular weight is 395 g/mol. The lowest BCUT2D eigenvalue weighted by Crippen LogP contribution is -2.39. The molecule has 1 atom stereocenters. The van der Waals surface area contributed by atoms with Gasteiger partial charge >= 0.3 is 11.9 Å². The molecule has 0 spiro atoms. The van der Waals surface area contributed by atoms with Gasteiger partial charge in [-0.2, -0.15) is 5.10 Å². The maximum Gasteiger partial charge on any atom is 0.354 e. The third kappa shape index (κ3) is 4.43. The van der Waals surface area contributed by atoms with Gasteiger partial charge in [-0.15, -0.1) is 0 Å². The number of amides is 1. The van der Waals surface area contributed by atoms with Gasteiger partial charge in [-0.25, -0.2) is 9.59 Å². The summed E-state index contributed by atoms with van der Waals surface area (Å²) in [6.45, 7) is 1.92. The van der Waals surface area contributed by atoms with Crippen LogP contribution in [-0.4, -0.2) is 43.3 Å². The summed E-state index contributed by atoms with van der Waals surface area (Å²) in [5.41, 5.74) is 1.38. The number of para-hydroxylation sites is 2. The zero-order valence-electron chi connectivity index (χ0n) is 16.1. The Labute approximate surface area is 168 Å². The molecule has 0 aliphatic carbocycles. The van der Waals surface area contributed by atoms with Crippen LogP contribution < -0.4 is 10.3 Å². The van der Waals surface area contributed by atoms with Gasteiger partial charge in [0.05, 0.1) is 30.7 Å². The van der Waals surface area contributed by atoms with Crippen LogP contribution in [0.5, 0.6) is 0 Å². The number of hydrogen-bond acceptors (Lipinski definition) is 7. The van der Waals surface area contributed by atoms with Crippen LogP contribution in [0.2, 0.25) is 0 Å². The summed E-state index contributed by atoms with van der Waals surface area (Å²) in [4.78, 5) is 37.2. The molecule has 8 heteroatoms. The molecular formula is C21H21N3O5. The molecule has 0 saturated carbocycles. The molecule has 150 valence electrons. The molecule has 1 N–H and O–H groups in total. The number of methoxy groups -OCH3 is 1. The van der Waals surface area contributed by atoms with Crippen LogP contribution >= 0.6 is 0 Å². The van der Waals surface area contributed by atoms with Gasteiger partial charge in [0.1, 0.15) is 11.8 Å². The normalized spacial score (nSPS) is 15.4. The smallest absolute Gasteiger partial charge is 0.354 e. The zero-order chi connectivity index (χ0) is 20.8. The SMILES string of the molecule is CCOC(=O)C1=NN(c2ccccc2)C(C(=O)Nc2ccccc2C(=O)OC)C1. The van der Waals surface area contributed by atoms with Crippen LogP contribution in [0, 0.1) is 0 Å². The number of nitrogens with one attached hydrogen (secondary N) is 1. The van der Waals surface area contributed by atoms with Crippen molar-refractivity contribution in [2.45, 2.75) is 19.4 Å².